The minimum absolute atomic E-state index is 0.111. The van der Waals surface area contributed by atoms with Crippen LogP contribution >= 0.6 is 43.2 Å². The highest BCUT2D eigenvalue weighted by Crippen LogP contribution is 2.26. The second-order valence-electron chi connectivity index (χ2n) is 28.0. The molecular formula is C65H104N18O26S4. The van der Waals surface area contributed by atoms with Gasteiger partial charge in [-0.2, -0.15) is 0 Å². The van der Waals surface area contributed by atoms with E-state index in [0.29, 0.717) is 21.6 Å². The molecule has 0 spiro atoms. The summed E-state index contributed by atoms with van der Waals surface area (Å²) in [5.41, 5.74) is 16.4. The van der Waals surface area contributed by atoms with Gasteiger partial charge in [0.1, 0.15) is 84.6 Å². The molecule has 3 rings (SSSR count). The van der Waals surface area contributed by atoms with Crippen molar-refractivity contribution in [3.63, 3.8) is 0 Å². The van der Waals surface area contributed by atoms with Crippen LogP contribution in [0.2, 0.25) is 0 Å². The van der Waals surface area contributed by atoms with Crippen LogP contribution < -0.4 is 97.0 Å². The number of aliphatic hydroxyl groups excluding tert-OH is 1. The van der Waals surface area contributed by atoms with E-state index in [0.717, 1.165) is 35.4 Å². The van der Waals surface area contributed by atoms with Crippen molar-refractivity contribution in [1.29, 1.82) is 0 Å². The number of rotatable bonds is 28. The van der Waals surface area contributed by atoms with Crippen molar-refractivity contribution < 1.29 is 126 Å². The van der Waals surface area contributed by atoms with Gasteiger partial charge in [-0.25, -0.2) is 4.79 Å². The molecule has 3 heterocycles. The predicted octanol–water partition coefficient (Wildman–Crippen LogP) is -8.15. The van der Waals surface area contributed by atoms with Crippen LogP contribution in [-0.2, 0) is 101 Å². The molecule has 0 radical (unpaired) electrons. The molecule has 17 amide bonds. The lowest BCUT2D eigenvalue weighted by Gasteiger charge is -2.29. The van der Waals surface area contributed by atoms with Gasteiger partial charge in [-0.05, 0) is 63.2 Å². The molecule has 634 valence electrons. The van der Waals surface area contributed by atoms with Gasteiger partial charge in [0, 0.05) is 35.9 Å². The maximum atomic E-state index is 14.9. The Morgan fingerprint density at radius 1 is 0.469 bits per heavy atom. The first kappa shape index (κ1) is 99.3. The van der Waals surface area contributed by atoms with E-state index in [4.69, 9.17) is 17.2 Å². The van der Waals surface area contributed by atoms with Crippen molar-refractivity contribution >= 4 is 167 Å². The standard InChI is InChI=1S/C65H104N18O26S4/c1-25(2)15-34-55(98)80-41-24-113-110-21-38(58(101)77-37(65(108)109)16-26(3)4)71-44(87)20-69-62(105)50(30(10)84)83-61(104)40(78-51(94)29(9)70-63(106)48(27(5)6)81-57(100)35(18-43(68)86)76-64(107)49(28(7)8)82-60(41)103)23-112-111-22-39(59(102)73-32(53(96)75-34)11-13-45(88)89)79-54(97)33(12-14-46(90)91)72-56(99)36(19-47(92)93)74-52(95)31(66)17-42(67)85/h25-41,48-50,84H,11-24,66H2,1-10H3,(H2,67,85)(H2,68,86)(H,69,105)(H,70,106)(H,71,87)(H,72,99)(H,73,102)(H,74,95)(H,75,96)(H,76,107)(H,77,101)(H,78,94)(H,79,97)(H,80,98)(H,81,100)(H,82,103)(H,83,104)(H,88,89)(H,90,91)(H,92,93)(H,108,109)/t29-,30+,31-,32-,33-,34-,35-,36-,37-,38-,39-,40-,41-,48-,49+,50-/m0/s1. The highest BCUT2D eigenvalue weighted by atomic mass is 33.1. The summed E-state index contributed by atoms with van der Waals surface area (Å²) in [5, 5.41) is 85.4. The second kappa shape index (κ2) is 49.0. The predicted molar refractivity (Wildman–Crippen MR) is 405 cm³/mol. The highest BCUT2D eigenvalue weighted by Gasteiger charge is 2.41. The molecule has 3 saturated heterocycles. The number of amides is 17. The van der Waals surface area contributed by atoms with Crippen molar-refractivity contribution in [3.8, 4) is 0 Å². The van der Waals surface area contributed by atoms with Crippen LogP contribution in [0.25, 0.3) is 0 Å². The maximum absolute atomic E-state index is 14.9. The first-order valence-electron chi connectivity index (χ1n) is 35.5. The number of hydrogen-bond acceptors (Lipinski definition) is 27. The number of nitrogens with one attached hydrogen (secondary N) is 15. The van der Waals surface area contributed by atoms with E-state index in [9.17, 15) is 126 Å². The second-order valence-corrected chi connectivity index (χ2v) is 33.1. The lowest BCUT2D eigenvalue weighted by molar-refractivity contribution is -0.143. The van der Waals surface area contributed by atoms with Crippen LogP contribution in [-0.4, -0.2) is 276 Å². The molecule has 0 aliphatic carbocycles. The molecule has 26 N–H and O–H groups in total. The number of carboxylic acids is 4. The zero-order valence-corrected chi connectivity index (χ0v) is 66.9. The molecule has 113 heavy (non-hydrogen) atoms. The van der Waals surface area contributed by atoms with E-state index in [1.165, 1.54) is 27.7 Å². The van der Waals surface area contributed by atoms with Crippen molar-refractivity contribution in [2.24, 2.45) is 40.9 Å². The third-order valence-corrected chi connectivity index (χ3v) is 21.3. The van der Waals surface area contributed by atoms with Gasteiger partial charge in [-0.1, -0.05) is 98.6 Å². The van der Waals surface area contributed by atoms with Crippen molar-refractivity contribution in [1.82, 2.24) is 79.8 Å². The Hall–Kier alpha value is -9.81. The lowest BCUT2D eigenvalue weighted by atomic mass is 10.00. The number of hydrogen-bond donors (Lipinski definition) is 23. The average molecular weight is 1680 g/mol. The van der Waals surface area contributed by atoms with Crippen molar-refractivity contribution in [2.75, 3.05) is 29.6 Å². The summed E-state index contributed by atoms with van der Waals surface area (Å²) in [4.78, 5) is 288. The van der Waals surface area contributed by atoms with E-state index in [2.05, 4.69) is 74.4 Å². The van der Waals surface area contributed by atoms with Crippen LogP contribution in [0.1, 0.15) is 127 Å². The number of carboxylic acid groups (broad SMARTS) is 4. The Kier molecular flexibility index (Phi) is 43.0. The Bertz CT molecular complexity index is 3490. The minimum Gasteiger partial charge on any atom is -0.481 e. The molecule has 0 saturated carbocycles. The molecular weight excluding hydrogens is 1580 g/mol. The van der Waals surface area contributed by atoms with Crippen LogP contribution in [0.4, 0.5) is 0 Å². The number of aliphatic carboxylic acids is 4. The Balaban J connectivity index is 3.28. The summed E-state index contributed by atoms with van der Waals surface area (Å²) in [7, 11) is 2.59. The molecule has 2 bridgehead atoms. The van der Waals surface area contributed by atoms with Gasteiger partial charge >= 0.3 is 23.9 Å². The van der Waals surface area contributed by atoms with E-state index in [1.807, 2.05) is 5.32 Å². The van der Waals surface area contributed by atoms with Gasteiger partial charge < -0.3 is 122 Å². The number of primary amides is 2. The number of fused-ring (bicyclic) bond motifs is 37. The molecule has 0 aromatic carbocycles. The molecule has 3 aliphatic heterocycles. The summed E-state index contributed by atoms with van der Waals surface area (Å²) < 4.78 is 0. The maximum Gasteiger partial charge on any atom is 0.326 e. The molecule has 3 aliphatic rings. The third-order valence-electron chi connectivity index (χ3n) is 16.4. The topological polar surface area (TPSA) is 718 Å². The minimum atomic E-state index is -2.11. The zero-order valence-electron chi connectivity index (χ0n) is 63.6. The monoisotopic (exact) mass is 1680 g/mol. The van der Waals surface area contributed by atoms with Gasteiger partial charge in [0.05, 0.1) is 38.0 Å². The van der Waals surface area contributed by atoms with Crippen molar-refractivity contribution in [3.05, 3.63) is 0 Å². The number of nitrogens with two attached hydrogens (primary N) is 3. The number of aliphatic hydroxyl groups is 1. The van der Waals surface area contributed by atoms with Gasteiger partial charge in [-0.3, -0.25) is 95.9 Å². The molecule has 0 aromatic heterocycles. The highest BCUT2D eigenvalue weighted by molar-refractivity contribution is 8.77. The fraction of sp³-hybridized carbons (Fsp3) is 0.677. The van der Waals surface area contributed by atoms with E-state index in [-0.39, 0.29) is 18.8 Å². The van der Waals surface area contributed by atoms with Crippen LogP contribution in [0.3, 0.4) is 0 Å². The number of carbonyl (C=O) groups is 21. The Morgan fingerprint density at radius 2 is 0.965 bits per heavy atom. The summed E-state index contributed by atoms with van der Waals surface area (Å²) in [6, 6.07) is -27.7. The molecule has 16 atom stereocenters. The van der Waals surface area contributed by atoms with E-state index >= 15 is 0 Å². The van der Waals surface area contributed by atoms with Crippen LogP contribution in [0.5, 0.6) is 0 Å². The molecule has 0 unspecified atom stereocenters. The van der Waals surface area contributed by atoms with Crippen LogP contribution in [0.15, 0.2) is 0 Å². The first-order valence-corrected chi connectivity index (χ1v) is 40.5. The summed E-state index contributed by atoms with van der Waals surface area (Å²) in [6.07, 6.45) is -8.77. The number of carbonyl (C=O) groups excluding carboxylic acids is 17. The Morgan fingerprint density at radius 3 is 1.48 bits per heavy atom. The van der Waals surface area contributed by atoms with Gasteiger partial charge in [0.15, 0.2) is 0 Å². The van der Waals surface area contributed by atoms with Gasteiger partial charge in [-0.15, -0.1) is 0 Å². The SMILES string of the molecule is CC(C)C[C@H](NC(=O)[C@@H]1CSSC[C@@H]2NC(=O)[C@H](CC(C)C)NC(=O)[C@H](CCC(=O)O)NC(=O)[C@@H](NC(=O)[C@H](CCC(=O)O)NC(=O)[C@H](CC(=O)O)NC(=O)[C@@H](N)CC(N)=O)CSSC[C@H](NC(=O)[C@H](C)NC(=O)[C@H](C(C)C)NC(=O)[C@H](CC(N)=O)NC(=O)[C@@H](C(C)C)NC2=O)C(=O)N[C@@H]([C@@H](C)O)C(=O)NCC(=O)N1)C(=O)O. The fourth-order valence-electron chi connectivity index (χ4n) is 10.4. The zero-order chi connectivity index (χ0) is 86.0. The van der Waals surface area contributed by atoms with E-state index in [1.54, 1.807) is 27.7 Å². The quantitative estimate of drug-likeness (QED) is 0.0256. The van der Waals surface area contributed by atoms with Gasteiger partial charge in [0.2, 0.25) is 100 Å². The normalized spacial score (nSPS) is 24.5. The Labute approximate surface area is 664 Å². The molecule has 3 fully saturated rings. The third kappa shape index (κ3) is 36.7. The smallest absolute Gasteiger partial charge is 0.326 e. The van der Waals surface area contributed by atoms with Gasteiger partial charge in [0.25, 0.3) is 0 Å². The molecule has 48 heteroatoms. The average Bonchev–Trinajstić information content (AvgIpc) is 0.954. The van der Waals surface area contributed by atoms with E-state index < -0.39 is 313 Å². The molecule has 44 nitrogen and oxygen atoms in total. The summed E-state index contributed by atoms with van der Waals surface area (Å²) in [6.45, 7) is 13.3. The largest absolute Gasteiger partial charge is 0.481 e. The first-order chi connectivity index (χ1) is 52.6. The summed E-state index contributed by atoms with van der Waals surface area (Å²) >= 11 is 0. The summed E-state index contributed by atoms with van der Waals surface area (Å²) in [5.74, 6) is -32.5. The fourth-order valence-corrected chi connectivity index (χ4v) is 15.0. The van der Waals surface area contributed by atoms with Crippen molar-refractivity contribution in [2.45, 2.75) is 224 Å². The molecule has 0 aromatic rings. The lowest BCUT2D eigenvalue weighted by Crippen LogP contribution is -2.62. The van der Waals surface area contributed by atoms with Crippen LogP contribution in [0, 0.1) is 23.7 Å².